The Morgan fingerprint density at radius 3 is 3.10 bits per heavy atom. The second-order valence-corrected chi connectivity index (χ2v) is 4.00. The van der Waals surface area contributed by atoms with Crippen molar-refractivity contribution in [3.8, 4) is 0 Å². The van der Waals surface area contributed by atoms with Gasteiger partial charge in [0, 0.05) is 12.5 Å². The molecule has 0 aliphatic carbocycles. The molecule has 1 aliphatic rings. The number of hydrogen-bond donors (Lipinski definition) is 0. The first-order chi connectivity index (χ1) is 4.93. The van der Waals surface area contributed by atoms with Crippen LogP contribution in [0.2, 0.25) is 0 Å². The van der Waals surface area contributed by atoms with Gasteiger partial charge in [0.25, 0.3) is 0 Å². The highest BCUT2D eigenvalue weighted by molar-refractivity contribution is 7.99. The van der Waals surface area contributed by atoms with Crippen LogP contribution >= 0.6 is 23.4 Å². The van der Waals surface area contributed by atoms with E-state index in [4.69, 9.17) is 16.3 Å². The van der Waals surface area contributed by atoms with Crippen LogP contribution in [0.15, 0.2) is 0 Å². The summed E-state index contributed by atoms with van der Waals surface area (Å²) in [5, 5.41) is 0. The summed E-state index contributed by atoms with van der Waals surface area (Å²) in [4.78, 5) is 0. The van der Waals surface area contributed by atoms with Crippen LogP contribution in [0.1, 0.15) is 19.3 Å². The highest BCUT2D eigenvalue weighted by Crippen LogP contribution is 2.23. The Balaban J connectivity index is 1.91. The Labute approximate surface area is 71.5 Å². The lowest BCUT2D eigenvalue weighted by molar-refractivity contribution is 0.173. The number of halogens is 1. The van der Waals surface area contributed by atoms with E-state index < -0.39 is 0 Å². The zero-order valence-corrected chi connectivity index (χ0v) is 7.59. The predicted octanol–water partition coefficient (Wildman–Crippen LogP) is 2.49. The van der Waals surface area contributed by atoms with E-state index >= 15 is 0 Å². The maximum Gasteiger partial charge on any atom is 0.103 e. The van der Waals surface area contributed by atoms with Crippen LogP contribution < -0.4 is 0 Å². The average Bonchev–Trinajstić information content (AvgIpc) is 2.41. The van der Waals surface area contributed by atoms with Gasteiger partial charge in [-0.25, -0.2) is 0 Å². The highest BCUT2D eigenvalue weighted by Gasteiger charge is 2.14. The minimum atomic E-state index is 0.475. The van der Waals surface area contributed by atoms with E-state index in [2.05, 4.69) is 0 Å². The molecule has 0 saturated carbocycles. The molecule has 0 aromatic rings. The molecule has 1 heterocycles. The lowest BCUT2D eigenvalue weighted by atomic mass is 10.4. The summed E-state index contributed by atoms with van der Waals surface area (Å²) >= 11 is 7.43. The second kappa shape index (κ2) is 5.28. The van der Waals surface area contributed by atoms with Crippen molar-refractivity contribution in [3.05, 3.63) is 0 Å². The number of thioether (sulfide) groups is 1. The first-order valence-electron chi connectivity index (χ1n) is 3.72. The molecule has 0 amide bonds. The van der Waals surface area contributed by atoms with E-state index in [1.807, 2.05) is 11.8 Å². The van der Waals surface area contributed by atoms with Gasteiger partial charge in [-0.3, -0.25) is 0 Å². The van der Waals surface area contributed by atoms with Gasteiger partial charge in [-0.15, -0.1) is 23.4 Å². The van der Waals surface area contributed by atoms with Gasteiger partial charge >= 0.3 is 0 Å². The third kappa shape index (κ3) is 3.13. The highest BCUT2D eigenvalue weighted by atomic mass is 35.5. The van der Waals surface area contributed by atoms with Gasteiger partial charge in [-0.1, -0.05) is 0 Å². The smallest absolute Gasteiger partial charge is 0.103 e. The molecule has 1 nitrogen and oxygen atoms in total. The van der Waals surface area contributed by atoms with Gasteiger partial charge in [0.1, 0.15) is 5.44 Å². The van der Waals surface area contributed by atoms with E-state index in [-0.39, 0.29) is 0 Å². The average molecular weight is 181 g/mol. The fourth-order valence-corrected chi connectivity index (χ4v) is 2.34. The molecule has 0 aromatic carbocycles. The lowest BCUT2D eigenvalue weighted by Crippen LogP contribution is -1.99. The Bertz CT molecular complexity index is 83.7. The van der Waals surface area contributed by atoms with Crippen LogP contribution in [0.25, 0.3) is 0 Å². The van der Waals surface area contributed by atoms with E-state index in [1.165, 1.54) is 12.8 Å². The number of rotatable bonds is 4. The fourth-order valence-electron chi connectivity index (χ4n) is 0.949. The van der Waals surface area contributed by atoms with E-state index in [9.17, 15) is 0 Å². The van der Waals surface area contributed by atoms with Crippen LogP contribution in [0.3, 0.4) is 0 Å². The van der Waals surface area contributed by atoms with Gasteiger partial charge in [0.15, 0.2) is 0 Å². The molecule has 0 aromatic heterocycles. The SMILES string of the molecule is ClCCCSC1CCCO1. The Morgan fingerprint density at radius 1 is 1.60 bits per heavy atom. The molecule has 10 heavy (non-hydrogen) atoms. The molecule has 0 N–H and O–H groups in total. The van der Waals surface area contributed by atoms with Crippen LogP contribution in [0.5, 0.6) is 0 Å². The molecule has 1 aliphatic heterocycles. The summed E-state index contributed by atoms with van der Waals surface area (Å²) in [6, 6.07) is 0. The van der Waals surface area contributed by atoms with Crippen LogP contribution in [-0.4, -0.2) is 23.7 Å². The van der Waals surface area contributed by atoms with Crippen LogP contribution in [0.4, 0.5) is 0 Å². The fraction of sp³-hybridized carbons (Fsp3) is 1.00. The molecule has 1 unspecified atom stereocenters. The molecule has 1 saturated heterocycles. The van der Waals surface area contributed by atoms with Crippen molar-refractivity contribution in [2.45, 2.75) is 24.7 Å². The molecule has 3 heteroatoms. The van der Waals surface area contributed by atoms with Gasteiger partial charge < -0.3 is 4.74 Å². The van der Waals surface area contributed by atoms with Crippen molar-refractivity contribution in [1.29, 1.82) is 0 Å². The van der Waals surface area contributed by atoms with Gasteiger partial charge in [0.05, 0.1) is 0 Å². The first kappa shape index (κ1) is 8.69. The van der Waals surface area contributed by atoms with Crippen LogP contribution in [0, 0.1) is 0 Å². The molecular weight excluding hydrogens is 168 g/mol. The van der Waals surface area contributed by atoms with Crippen LogP contribution in [-0.2, 0) is 4.74 Å². The summed E-state index contributed by atoms with van der Waals surface area (Å²) in [6.07, 6.45) is 3.57. The van der Waals surface area contributed by atoms with Gasteiger partial charge in [0.2, 0.25) is 0 Å². The first-order valence-corrected chi connectivity index (χ1v) is 5.31. The predicted molar refractivity (Wildman–Crippen MR) is 46.8 cm³/mol. The lowest BCUT2D eigenvalue weighted by Gasteiger charge is -2.06. The Kier molecular flexibility index (Phi) is 4.59. The van der Waals surface area contributed by atoms with Crippen molar-refractivity contribution >= 4 is 23.4 Å². The van der Waals surface area contributed by atoms with E-state index in [0.717, 1.165) is 24.7 Å². The van der Waals surface area contributed by atoms with Crippen molar-refractivity contribution in [1.82, 2.24) is 0 Å². The largest absolute Gasteiger partial charge is 0.368 e. The van der Waals surface area contributed by atoms with E-state index in [1.54, 1.807) is 0 Å². The normalized spacial score (nSPS) is 25.5. The summed E-state index contributed by atoms with van der Waals surface area (Å²) in [7, 11) is 0. The van der Waals surface area contributed by atoms with Gasteiger partial charge in [-0.05, 0) is 25.0 Å². The van der Waals surface area contributed by atoms with Crippen molar-refractivity contribution in [2.75, 3.05) is 18.2 Å². The molecule has 0 bridgehead atoms. The maximum absolute atomic E-state index is 5.53. The number of ether oxygens (including phenoxy) is 1. The van der Waals surface area contributed by atoms with E-state index in [0.29, 0.717) is 5.44 Å². The third-order valence-corrected chi connectivity index (χ3v) is 3.00. The zero-order chi connectivity index (χ0) is 7.23. The van der Waals surface area contributed by atoms with Crippen molar-refractivity contribution in [3.63, 3.8) is 0 Å². The molecule has 0 spiro atoms. The molecule has 1 fully saturated rings. The monoisotopic (exact) mass is 180 g/mol. The minimum absolute atomic E-state index is 0.475. The Morgan fingerprint density at radius 2 is 2.50 bits per heavy atom. The number of hydrogen-bond acceptors (Lipinski definition) is 2. The molecule has 60 valence electrons. The summed E-state index contributed by atoms with van der Waals surface area (Å²) in [6.45, 7) is 0.957. The third-order valence-electron chi connectivity index (χ3n) is 1.47. The molecule has 1 atom stereocenters. The quantitative estimate of drug-likeness (QED) is 0.486. The zero-order valence-electron chi connectivity index (χ0n) is 6.01. The summed E-state index contributed by atoms with van der Waals surface area (Å²) < 4.78 is 5.42. The maximum atomic E-state index is 5.53. The van der Waals surface area contributed by atoms with Crippen molar-refractivity contribution in [2.24, 2.45) is 0 Å². The Hall–Kier alpha value is 0.600. The summed E-state index contributed by atoms with van der Waals surface area (Å²) in [5.41, 5.74) is 0.475. The standard InChI is InChI=1S/C7H13ClOS/c8-4-2-6-10-7-3-1-5-9-7/h7H,1-6H2. The molecular formula is C7H13ClOS. The second-order valence-electron chi connectivity index (χ2n) is 2.36. The topological polar surface area (TPSA) is 9.23 Å². The van der Waals surface area contributed by atoms with Gasteiger partial charge in [-0.2, -0.15) is 0 Å². The summed E-state index contributed by atoms with van der Waals surface area (Å²) in [5.74, 6) is 1.92. The van der Waals surface area contributed by atoms with Crippen molar-refractivity contribution < 1.29 is 4.74 Å². The number of alkyl halides is 1. The molecule has 1 rings (SSSR count). The minimum Gasteiger partial charge on any atom is -0.368 e. The molecule has 0 radical (unpaired) electrons.